The van der Waals surface area contributed by atoms with E-state index in [1.807, 2.05) is 19.9 Å². The van der Waals surface area contributed by atoms with E-state index in [1.54, 1.807) is 13.1 Å². The zero-order chi connectivity index (χ0) is 14.9. The summed E-state index contributed by atoms with van der Waals surface area (Å²) < 4.78 is 27.9. The first-order valence-corrected chi connectivity index (χ1v) is 6.70. The average molecular weight is 296 g/mol. The van der Waals surface area contributed by atoms with Crippen molar-refractivity contribution in [3.63, 3.8) is 0 Å². The quantitative estimate of drug-likeness (QED) is 0.876. The van der Waals surface area contributed by atoms with Crippen LogP contribution >= 0.6 is 11.6 Å². The molecule has 0 aliphatic rings. The van der Waals surface area contributed by atoms with Crippen LogP contribution in [0.1, 0.15) is 28.3 Å². The van der Waals surface area contributed by atoms with Crippen LogP contribution in [0.5, 0.6) is 0 Å². The number of aryl methyl sites for hydroxylation is 2. The minimum atomic E-state index is -0.505. The van der Waals surface area contributed by atoms with Crippen molar-refractivity contribution in [2.24, 2.45) is 0 Å². The van der Waals surface area contributed by atoms with E-state index in [0.29, 0.717) is 11.1 Å². The van der Waals surface area contributed by atoms with Gasteiger partial charge in [-0.2, -0.15) is 0 Å². The highest BCUT2D eigenvalue weighted by molar-refractivity contribution is 6.30. The van der Waals surface area contributed by atoms with Crippen LogP contribution in [0.4, 0.5) is 8.78 Å². The molecule has 1 nitrogen and oxygen atoms in total. The Morgan fingerprint density at radius 3 is 2.30 bits per heavy atom. The van der Waals surface area contributed by atoms with Crippen molar-refractivity contribution in [3.05, 3.63) is 69.2 Å². The molecule has 0 radical (unpaired) electrons. The van der Waals surface area contributed by atoms with Gasteiger partial charge in [-0.3, -0.25) is 0 Å². The number of rotatable bonds is 3. The van der Waals surface area contributed by atoms with Crippen LogP contribution in [0.15, 0.2) is 30.3 Å². The minimum absolute atomic E-state index is 0.0599. The summed E-state index contributed by atoms with van der Waals surface area (Å²) in [5.41, 5.74) is 2.86. The summed E-state index contributed by atoms with van der Waals surface area (Å²) in [4.78, 5) is 0. The fourth-order valence-electron chi connectivity index (χ4n) is 2.46. The zero-order valence-electron chi connectivity index (χ0n) is 11.6. The Morgan fingerprint density at radius 2 is 1.75 bits per heavy atom. The molecule has 0 aliphatic heterocycles. The highest BCUT2D eigenvalue weighted by Gasteiger charge is 2.20. The number of benzene rings is 2. The summed E-state index contributed by atoms with van der Waals surface area (Å²) in [6, 6.07) is 7.50. The Balaban J connectivity index is 2.55. The van der Waals surface area contributed by atoms with Gasteiger partial charge in [-0.1, -0.05) is 23.7 Å². The number of halogens is 3. The lowest BCUT2D eigenvalue weighted by Gasteiger charge is -2.21. The van der Waals surface area contributed by atoms with Crippen molar-refractivity contribution in [1.29, 1.82) is 0 Å². The number of hydrogen-bond acceptors (Lipinski definition) is 1. The molecule has 0 saturated heterocycles. The second-order valence-corrected chi connectivity index (χ2v) is 5.28. The minimum Gasteiger partial charge on any atom is -0.309 e. The summed E-state index contributed by atoms with van der Waals surface area (Å²) >= 11 is 5.69. The monoisotopic (exact) mass is 295 g/mol. The standard InChI is InChI=1S/C16H16ClF2N/c1-9-6-10(2)15(14(19)7-9)16(20-3)11-4-5-12(17)13(18)8-11/h4-8,16,20H,1-3H3. The van der Waals surface area contributed by atoms with Crippen LogP contribution in [-0.4, -0.2) is 7.05 Å². The number of nitrogens with one attached hydrogen (secondary N) is 1. The molecule has 0 heterocycles. The highest BCUT2D eigenvalue weighted by atomic mass is 35.5. The van der Waals surface area contributed by atoms with Gasteiger partial charge in [0, 0.05) is 5.56 Å². The van der Waals surface area contributed by atoms with Gasteiger partial charge < -0.3 is 5.32 Å². The first-order chi connectivity index (χ1) is 9.43. The highest BCUT2D eigenvalue weighted by Crippen LogP contribution is 2.29. The van der Waals surface area contributed by atoms with Gasteiger partial charge in [-0.15, -0.1) is 0 Å². The third-order valence-corrected chi connectivity index (χ3v) is 3.64. The topological polar surface area (TPSA) is 12.0 Å². The van der Waals surface area contributed by atoms with Gasteiger partial charge in [0.15, 0.2) is 0 Å². The van der Waals surface area contributed by atoms with E-state index >= 15 is 0 Å². The van der Waals surface area contributed by atoms with E-state index in [1.165, 1.54) is 18.2 Å². The van der Waals surface area contributed by atoms with Gasteiger partial charge in [0.1, 0.15) is 11.6 Å². The molecular weight excluding hydrogens is 280 g/mol. The second-order valence-electron chi connectivity index (χ2n) is 4.87. The molecule has 0 aliphatic carbocycles. The van der Waals surface area contributed by atoms with Crippen molar-refractivity contribution < 1.29 is 8.78 Å². The van der Waals surface area contributed by atoms with Gasteiger partial charge in [0.05, 0.1) is 11.1 Å². The van der Waals surface area contributed by atoms with Gasteiger partial charge in [0.2, 0.25) is 0 Å². The Bertz CT molecular complexity index is 617. The van der Waals surface area contributed by atoms with Gasteiger partial charge in [-0.25, -0.2) is 8.78 Å². The second kappa shape index (κ2) is 5.90. The van der Waals surface area contributed by atoms with Crippen molar-refractivity contribution >= 4 is 11.6 Å². The molecule has 0 fully saturated rings. The maximum Gasteiger partial charge on any atom is 0.142 e. The number of hydrogen-bond donors (Lipinski definition) is 1. The first kappa shape index (κ1) is 14.9. The average Bonchev–Trinajstić information content (AvgIpc) is 2.37. The van der Waals surface area contributed by atoms with E-state index < -0.39 is 11.9 Å². The van der Waals surface area contributed by atoms with E-state index in [2.05, 4.69) is 5.32 Å². The summed E-state index contributed by atoms with van der Waals surface area (Å²) in [5.74, 6) is -0.799. The van der Waals surface area contributed by atoms with Gasteiger partial charge in [0.25, 0.3) is 0 Å². The molecule has 4 heteroatoms. The molecule has 1 atom stereocenters. The summed E-state index contributed by atoms with van der Waals surface area (Å²) in [6.45, 7) is 3.69. The molecule has 0 spiro atoms. The fraction of sp³-hybridized carbons (Fsp3) is 0.250. The lowest BCUT2D eigenvalue weighted by Crippen LogP contribution is -2.20. The van der Waals surface area contributed by atoms with Crippen molar-refractivity contribution in [1.82, 2.24) is 5.32 Å². The molecule has 1 N–H and O–H groups in total. The first-order valence-electron chi connectivity index (χ1n) is 6.33. The lowest BCUT2D eigenvalue weighted by molar-refractivity contribution is 0.568. The smallest absolute Gasteiger partial charge is 0.142 e. The molecule has 2 rings (SSSR count). The van der Waals surface area contributed by atoms with Crippen molar-refractivity contribution in [3.8, 4) is 0 Å². The Labute approximate surface area is 122 Å². The third-order valence-electron chi connectivity index (χ3n) is 3.34. The van der Waals surface area contributed by atoms with Crippen LogP contribution in [0.25, 0.3) is 0 Å². The predicted octanol–water partition coefficient (Wildman–Crippen LogP) is 4.54. The molecule has 20 heavy (non-hydrogen) atoms. The fourth-order valence-corrected chi connectivity index (χ4v) is 2.58. The maximum atomic E-state index is 14.3. The SMILES string of the molecule is CNC(c1ccc(Cl)c(F)c1)c1c(C)cc(C)cc1F. The Morgan fingerprint density at radius 1 is 1.05 bits per heavy atom. The van der Waals surface area contributed by atoms with Gasteiger partial charge >= 0.3 is 0 Å². The van der Waals surface area contributed by atoms with Crippen LogP contribution in [0, 0.1) is 25.5 Å². The predicted molar refractivity (Wildman–Crippen MR) is 78.2 cm³/mol. The molecular formula is C16H16ClF2N. The molecule has 0 bridgehead atoms. The largest absolute Gasteiger partial charge is 0.309 e. The van der Waals surface area contributed by atoms with Gasteiger partial charge in [-0.05, 0) is 55.8 Å². The lowest BCUT2D eigenvalue weighted by atomic mass is 9.93. The Kier molecular flexibility index (Phi) is 4.41. The molecule has 1 unspecified atom stereocenters. The molecule has 106 valence electrons. The van der Waals surface area contributed by atoms with E-state index in [9.17, 15) is 8.78 Å². The van der Waals surface area contributed by atoms with Crippen molar-refractivity contribution in [2.75, 3.05) is 7.05 Å². The van der Waals surface area contributed by atoms with E-state index in [0.717, 1.165) is 11.1 Å². The van der Waals surface area contributed by atoms with Crippen molar-refractivity contribution in [2.45, 2.75) is 19.9 Å². The summed E-state index contributed by atoms with van der Waals surface area (Å²) in [7, 11) is 1.72. The molecule has 0 saturated carbocycles. The molecule has 2 aromatic carbocycles. The molecule has 2 aromatic rings. The Hall–Kier alpha value is -1.45. The zero-order valence-corrected chi connectivity index (χ0v) is 12.4. The van der Waals surface area contributed by atoms with E-state index in [-0.39, 0.29) is 10.8 Å². The van der Waals surface area contributed by atoms with Crippen LogP contribution < -0.4 is 5.32 Å². The van der Waals surface area contributed by atoms with Crippen LogP contribution in [-0.2, 0) is 0 Å². The third kappa shape index (κ3) is 2.84. The molecule has 0 amide bonds. The van der Waals surface area contributed by atoms with Crippen LogP contribution in [0.3, 0.4) is 0 Å². The maximum absolute atomic E-state index is 14.3. The summed E-state index contributed by atoms with van der Waals surface area (Å²) in [6.07, 6.45) is 0. The van der Waals surface area contributed by atoms with E-state index in [4.69, 9.17) is 11.6 Å². The van der Waals surface area contributed by atoms with Crippen LogP contribution in [0.2, 0.25) is 5.02 Å². The molecule has 0 aromatic heterocycles. The summed E-state index contributed by atoms with van der Waals surface area (Å²) in [5, 5.41) is 3.09. The normalized spacial score (nSPS) is 12.5.